The predicted octanol–water partition coefficient (Wildman–Crippen LogP) is 1.41. The van der Waals surface area contributed by atoms with E-state index in [1.165, 1.54) is 6.33 Å². The summed E-state index contributed by atoms with van der Waals surface area (Å²) < 4.78 is 17.1. The summed E-state index contributed by atoms with van der Waals surface area (Å²) in [5.41, 5.74) is -0.163. The molecular formula is C14H23N3O3. The van der Waals surface area contributed by atoms with E-state index >= 15 is 0 Å². The highest BCUT2D eigenvalue weighted by atomic mass is 16.6. The number of aromatic nitrogens is 2. The van der Waals surface area contributed by atoms with Crippen LogP contribution in [0.1, 0.15) is 27.7 Å². The Bertz CT molecular complexity index is 437. The molecule has 1 unspecified atom stereocenters. The molecule has 1 N–H and O–H groups in total. The lowest BCUT2D eigenvalue weighted by Gasteiger charge is -2.36. The Morgan fingerprint density at radius 2 is 2.15 bits per heavy atom. The van der Waals surface area contributed by atoms with Gasteiger partial charge in [0.05, 0.1) is 17.8 Å². The monoisotopic (exact) mass is 281 g/mol. The number of nitrogens with zero attached hydrogens (tertiary/aromatic N) is 2. The van der Waals surface area contributed by atoms with E-state index in [1.807, 2.05) is 13.8 Å². The number of rotatable bonds is 5. The van der Waals surface area contributed by atoms with Gasteiger partial charge in [-0.05, 0) is 27.7 Å². The molecule has 1 fully saturated rings. The van der Waals surface area contributed by atoms with Crippen molar-refractivity contribution >= 4 is 0 Å². The molecule has 1 aliphatic rings. The van der Waals surface area contributed by atoms with Crippen molar-refractivity contribution < 1.29 is 14.2 Å². The fourth-order valence-electron chi connectivity index (χ4n) is 2.05. The van der Waals surface area contributed by atoms with Crippen LogP contribution in [0.4, 0.5) is 0 Å². The molecule has 0 aliphatic carbocycles. The zero-order valence-electron chi connectivity index (χ0n) is 12.5. The van der Waals surface area contributed by atoms with Gasteiger partial charge in [0.15, 0.2) is 0 Å². The third-order valence-corrected chi connectivity index (χ3v) is 2.80. The van der Waals surface area contributed by atoms with Crippen molar-refractivity contribution in [3.8, 4) is 11.8 Å². The zero-order valence-corrected chi connectivity index (χ0v) is 12.5. The molecule has 2 rings (SSSR count). The van der Waals surface area contributed by atoms with E-state index in [9.17, 15) is 0 Å². The van der Waals surface area contributed by atoms with Crippen LogP contribution in [0.3, 0.4) is 0 Å². The average molecular weight is 281 g/mol. The van der Waals surface area contributed by atoms with Crippen LogP contribution >= 0.6 is 0 Å². The summed E-state index contributed by atoms with van der Waals surface area (Å²) >= 11 is 0. The largest absolute Gasteiger partial charge is 0.475 e. The van der Waals surface area contributed by atoms with Gasteiger partial charge in [0.1, 0.15) is 19.0 Å². The van der Waals surface area contributed by atoms with E-state index in [-0.39, 0.29) is 17.8 Å². The fraction of sp³-hybridized carbons (Fsp3) is 0.714. The summed E-state index contributed by atoms with van der Waals surface area (Å²) in [4.78, 5) is 8.12. The van der Waals surface area contributed by atoms with E-state index in [1.54, 1.807) is 6.07 Å². The van der Waals surface area contributed by atoms with Crippen LogP contribution in [0, 0.1) is 0 Å². The van der Waals surface area contributed by atoms with Crippen LogP contribution in [0.2, 0.25) is 0 Å². The molecule has 20 heavy (non-hydrogen) atoms. The van der Waals surface area contributed by atoms with Gasteiger partial charge < -0.3 is 19.5 Å². The maximum Gasteiger partial charge on any atom is 0.220 e. The van der Waals surface area contributed by atoms with Crippen molar-refractivity contribution in [1.82, 2.24) is 15.3 Å². The normalized spacial score (nSPS) is 21.8. The number of ether oxygens (including phenoxy) is 3. The average Bonchev–Trinajstić information content (AvgIpc) is 2.35. The van der Waals surface area contributed by atoms with E-state index in [0.29, 0.717) is 18.4 Å². The van der Waals surface area contributed by atoms with E-state index < -0.39 is 0 Å². The highest BCUT2D eigenvalue weighted by Gasteiger charge is 2.28. The Hall–Kier alpha value is -1.40. The summed E-state index contributed by atoms with van der Waals surface area (Å²) in [6, 6.07) is 1.70. The van der Waals surface area contributed by atoms with Crippen LogP contribution in [0.5, 0.6) is 11.8 Å². The first-order valence-electron chi connectivity index (χ1n) is 6.95. The Labute approximate surface area is 119 Å². The molecule has 0 radical (unpaired) electrons. The van der Waals surface area contributed by atoms with Gasteiger partial charge in [-0.25, -0.2) is 9.97 Å². The number of hydrogen-bond donors (Lipinski definition) is 1. The molecule has 112 valence electrons. The molecule has 0 saturated carbocycles. The minimum atomic E-state index is -0.163. The second-order valence-corrected chi connectivity index (χ2v) is 5.80. The third-order valence-electron chi connectivity index (χ3n) is 2.80. The van der Waals surface area contributed by atoms with Crippen molar-refractivity contribution in [3.63, 3.8) is 0 Å². The molecule has 6 nitrogen and oxygen atoms in total. The lowest BCUT2D eigenvalue weighted by atomic mass is 10.1. The van der Waals surface area contributed by atoms with Crippen molar-refractivity contribution in [2.24, 2.45) is 0 Å². The SMILES string of the molecule is CC(C)Oc1cc(OCC2CNCC(C)(C)O2)ncn1. The molecule has 1 aliphatic heterocycles. The fourth-order valence-corrected chi connectivity index (χ4v) is 2.05. The zero-order chi connectivity index (χ0) is 14.6. The summed E-state index contributed by atoms with van der Waals surface area (Å²) in [6.07, 6.45) is 1.53. The lowest BCUT2D eigenvalue weighted by molar-refractivity contribution is -0.107. The molecule has 2 heterocycles. The molecule has 1 aromatic rings. The van der Waals surface area contributed by atoms with Crippen LogP contribution in [-0.2, 0) is 4.74 Å². The highest BCUT2D eigenvalue weighted by molar-refractivity contribution is 5.18. The quantitative estimate of drug-likeness (QED) is 0.880. The molecule has 0 spiro atoms. The Morgan fingerprint density at radius 3 is 2.85 bits per heavy atom. The molecule has 0 amide bonds. The smallest absolute Gasteiger partial charge is 0.220 e. The van der Waals surface area contributed by atoms with Crippen LogP contribution in [0.25, 0.3) is 0 Å². The van der Waals surface area contributed by atoms with Crippen LogP contribution < -0.4 is 14.8 Å². The topological polar surface area (TPSA) is 65.5 Å². The number of hydrogen-bond acceptors (Lipinski definition) is 6. The first-order chi connectivity index (χ1) is 9.44. The molecule has 0 bridgehead atoms. The van der Waals surface area contributed by atoms with E-state index in [0.717, 1.165) is 13.1 Å². The minimum Gasteiger partial charge on any atom is -0.475 e. The first kappa shape index (κ1) is 15.0. The minimum absolute atomic E-state index is 0.0168. The van der Waals surface area contributed by atoms with Crippen LogP contribution in [-0.4, -0.2) is 47.5 Å². The van der Waals surface area contributed by atoms with Crippen molar-refractivity contribution in [2.45, 2.75) is 45.5 Å². The molecule has 1 saturated heterocycles. The summed E-state index contributed by atoms with van der Waals surface area (Å²) in [5.74, 6) is 1.02. The first-order valence-corrected chi connectivity index (χ1v) is 6.95. The second kappa shape index (κ2) is 6.37. The second-order valence-electron chi connectivity index (χ2n) is 5.80. The Balaban J connectivity index is 1.87. The van der Waals surface area contributed by atoms with Crippen molar-refractivity contribution in [1.29, 1.82) is 0 Å². The molecular weight excluding hydrogens is 258 g/mol. The van der Waals surface area contributed by atoms with Crippen molar-refractivity contribution in [2.75, 3.05) is 19.7 Å². The maximum absolute atomic E-state index is 5.93. The van der Waals surface area contributed by atoms with Crippen molar-refractivity contribution in [3.05, 3.63) is 12.4 Å². The molecule has 1 aromatic heterocycles. The van der Waals surface area contributed by atoms with Gasteiger partial charge in [-0.2, -0.15) is 0 Å². The van der Waals surface area contributed by atoms with Gasteiger partial charge in [-0.3, -0.25) is 0 Å². The number of morpholine rings is 1. The Kier molecular flexibility index (Phi) is 4.77. The predicted molar refractivity (Wildman–Crippen MR) is 75.1 cm³/mol. The van der Waals surface area contributed by atoms with Gasteiger partial charge in [0.2, 0.25) is 11.8 Å². The summed E-state index contributed by atoms with van der Waals surface area (Å²) in [5, 5.41) is 3.34. The Morgan fingerprint density at radius 1 is 1.40 bits per heavy atom. The summed E-state index contributed by atoms with van der Waals surface area (Å²) in [6.45, 7) is 10.1. The number of nitrogens with one attached hydrogen (secondary N) is 1. The van der Waals surface area contributed by atoms with Crippen LogP contribution in [0.15, 0.2) is 12.4 Å². The lowest BCUT2D eigenvalue weighted by Crippen LogP contribution is -2.52. The standard InChI is InChI=1S/C14H23N3O3/c1-10(2)19-13-5-12(16-9-17-13)18-7-11-6-15-8-14(3,4)20-11/h5,9-11,15H,6-8H2,1-4H3. The summed E-state index contributed by atoms with van der Waals surface area (Å²) in [7, 11) is 0. The van der Waals surface area contributed by atoms with Gasteiger partial charge >= 0.3 is 0 Å². The molecule has 0 aromatic carbocycles. The molecule has 1 atom stereocenters. The van der Waals surface area contributed by atoms with Gasteiger partial charge in [-0.15, -0.1) is 0 Å². The van der Waals surface area contributed by atoms with Gasteiger partial charge in [0, 0.05) is 13.1 Å². The molecule has 6 heteroatoms. The van der Waals surface area contributed by atoms with E-state index in [2.05, 4.69) is 29.1 Å². The van der Waals surface area contributed by atoms with Gasteiger partial charge in [0.25, 0.3) is 0 Å². The maximum atomic E-state index is 5.93. The van der Waals surface area contributed by atoms with E-state index in [4.69, 9.17) is 14.2 Å². The van der Waals surface area contributed by atoms with Gasteiger partial charge in [-0.1, -0.05) is 0 Å². The third kappa shape index (κ3) is 4.61. The highest BCUT2D eigenvalue weighted by Crippen LogP contribution is 2.18.